The second kappa shape index (κ2) is 16.2. The average Bonchev–Trinajstić information content (AvgIpc) is 3.55. The lowest BCUT2D eigenvalue weighted by atomic mass is 9.43. The summed E-state index contributed by atoms with van der Waals surface area (Å²) in [4.78, 5) is 5.08. The molecule has 0 amide bonds. The summed E-state index contributed by atoms with van der Waals surface area (Å²) in [6.07, 6.45) is 6.91. The molecule has 0 unspecified atom stereocenters. The zero-order chi connectivity index (χ0) is 47.7. The van der Waals surface area contributed by atoms with E-state index in [0.29, 0.717) is 11.8 Å². The van der Waals surface area contributed by atoms with Crippen LogP contribution in [0.4, 0.5) is 34.1 Å². The standard InChI is InChI=1S/C62H74N2Si4/c1-65(2,3)54-24-15-48(16-25-54)63(49-17-26-55(27-18-49)66(4,5)6)52-14-13-44-39-59-58-32-23-53(41-61(58)62(60(59)40-45(44)38-52)46-34-42-33-43(36-46)37-47(62)35-42)64(50-19-28-56(29-20-50)67(7,8)9)51-21-30-57(31-22-51)68(10,11)12/h13-32,38-43,46-47H,33-37H2,1-12H3. The summed E-state index contributed by atoms with van der Waals surface area (Å²) in [5, 5.41) is 8.69. The Bertz CT molecular complexity index is 2890. The number of hydrogen-bond donors (Lipinski definition) is 0. The monoisotopic (exact) mass is 958 g/mol. The molecule has 4 fully saturated rings. The van der Waals surface area contributed by atoms with Crippen molar-refractivity contribution in [2.45, 2.75) is 116 Å². The van der Waals surface area contributed by atoms with E-state index in [0.717, 1.165) is 11.8 Å². The molecule has 6 heteroatoms. The highest BCUT2D eigenvalue weighted by molar-refractivity contribution is 6.90. The van der Waals surface area contributed by atoms with Crippen molar-refractivity contribution < 1.29 is 0 Å². The summed E-state index contributed by atoms with van der Waals surface area (Å²) >= 11 is 0. The van der Waals surface area contributed by atoms with E-state index in [9.17, 15) is 0 Å². The lowest BCUT2D eigenvalue weighted by Crippen LogP contribution is -2.55. The fraction of sp³-hybridized carbons (Fsp3) is 0.355. The zero-order valence-corrected chi connectivity index (χ0v) is 47.1. The smallest absolute Gasteiger partial charge is 0.0775 e. The first kappa shape index (κ1) is 45.7. The zero-order valence-electron chi connectivity index (χ0n) is 43.1. The maximum Gasteiger partial charge on any atom is 0.0775 e. The Hall–Kier alpha value is -4.73. The van der Waals surface area contributed by atoms with Crippen LogP contribution in [0.3, 0.4) is 0 Å². The molecule has 7 aromatic carbocycles. The topological polar surface area (TPSA) is 6.48 Å². The minimum absolute atomic E-state index is 0.0202. The normalized spacial score (nSPS) is 21.9. The third-order valence-corrected chi connectivity index (χ3v) is 25.3. The Morgan fingerprint density at radius 1 is 0.324 bits per heavy atom. The van der Waals surface area contributed by atoms with Gasteiger partial charge in [0.05, 0.1) is 32.3 Å². The van der Waals surface area contributed by atoms with Crippen molar-refractivity contribution in [3.63, 3.8) is 0 Å². The van der Waals surface area contributed by atoms with Gasteiger partial charge in [0, 0.05) is 39.5 Å². The first-order valence-electron chi connectivity index (χ1n) is 25.9. The van der Waals surface area contributed by atoms with E-state index in [1.165, 1.54) is 109 Å². The van der Waals surface area contributed by atoms with Gasteiger partial charge in [-0.3, -0.25) is 0 Å². The predicted octanol–water partition coefficient (Wildman–Crippen LogP) is 15.7. The lowest BCUT2D eigenvalue weighted by molar-refractivity contribution is -0.0398. The molecule has 0 atom stereocenters. The van der Waals surface area contributed by atoms with Crippen LogP contribution in [0.5, 0.6) is 0 Å². The van der Waals surface area contributed by atoms with Gasteiger partial charge in [-0.1, -0.05) is 160 Å². The molecule has 7 aromatic rings. The molecule has 0 heterocycles. The number of rotatable bonds is 10. The summed E-state index contributed by atoms with van der Waals surface area (Å²) < 4.78 is 0. The molecule has 68 heavy (non-hydrogen) atoms. The largest absolute Gasteiger partial charge is 0.310 e. The van der Waals surface area contributed by atoms with Crippen LogP contribution in [0.25, 0.3) is 21.9 Å². The molecule has 0 saturated heterocycles. The molecule has 0 N–H and O–H groups in total. The molecule has 348 valence electrons. The molecule has 2 nitrogen and oxygen atoms in total. The van der Waals surface area contributed by atoms with E-state index in [4.69, 9.17) is 0 Å². The number of benzene rings is 7. The van der Waals surface area contributed by atoms with Crippen LogP contribution in [0, 0.1) is 23.7 Å². The third-order valence-electron chi connectivity index (χ3n) is 17.1. The Morgan fingerprint density at radius 2 is 0.662 bits per heavy atom. The van der Waals surface area contributed by atoms with E-state index in [1.807, 2.05) is 0 Å². The van der Waals surface area contributed by atoms with Crippen molar-refractivity contribution in [3.05, 3.63) is 157 Å². The van der Waals surface area contributed by atoms with Gasteiger partial charge in [-0.15, -0.1) is 0 Å². The van der Waals surface area contributed by atoms with Crippen molar-refractivity contribution in [2.24, 2.45) is 23.7 Å². The molecule has 4 saturated carbocycles. The van der Waals surface area contributed by atoms with E-state index in [2.05, 4.69) is 234 Å². The van der Waals surface area contributed by atoms with Gasteiger partial charge in [0.2, 0.25) is 0 Å². The second-order valence-electron chi connectivity index (χ2n) is 25.7. The SMILES string of the molecule is C[Si](C)(C)c1ccc(N(c2ccc([Si](C)(C)C)cc2)c2ccc3c(c2)C2(c4cc5cc(N(c6ccc([Si](C)(C)C)cc6)c6ccc([Si](C)(C)C)cc6)ccc5cc4-3)C3CC4CC(C3)CC2C4)cc1. The van der Waals surface area contributed by atoms with Gasteiger partial charge in [0.1, 0.15) is 0 Å². The molecule has 0 aliphatic heterocycles. The summed E-state index contributed by atoms with van der Waals surface area (Å²) in [7, 11) is -5.85. The van der Waals surface area contributed by atoms with Crippen LogP contribution in [-0.4, -0.2) is 32.3 Å². The molecular formula is C62H74N2Si4. The highest BCUT2D eigenvalue weighted by Crippen LogP contribution is 2.70. The van der Waals surface area contributed by atoms with Crippen molar-refractivity contribution in [1.82, 2.24) is 0 Å². The molecular weight excluding hydrogens is 885 g/mol. The number of fused-ring (bicyclic) bond motifs is 4. The van der Waals surface area contributed by atoms with Crippen LogP contribution in [0.15, 0.2) is 146 Å². The Balaban J connectivity index is 1.07. The Morgan fingerprint density at radius 3 is 1.04 bits per heavy atom. The van der Waals surface area contributed by atoms with E-state index >= 15 is 0 Å². The van der Waals surface area contributed by atoms with Crippen LogP contribution in [0.2, 0.25) is 78.6 Å². The van der Waals surface area contributed by atoms with Gasteiger partial charge in [-0.2, -0.15) is 0 Å². The highest BCUT2D eigenvalue weighted by Gasteiger charge is 2.61. The lowest BCUT2D eigenvalue weighted by Gasteiger charge is -2.61. The predicted molar refractivity (Wildman–Crippen MR) is 308 cm³/mol. The number of nitrogens with zero attached hydrogens (tertiary/aromatic N) is 2. The van der Waals surface area contributed by atoms with Crippen molar-refractivity contribution in [2.75, 3.05) is 9.80 Å². The maximum atomic E-state index is 2.69. The Labute approximate surface area is 412 Å². The van der Waals surface area contributed by atoms with Gasteiger partial charge in [0.25, 0.3) is 0 Å². The first-order chi connectivity index (χ1) is 32.2. The van der Waals surface area contributed by atoms with Crippen molar-refractivity contribution in [3.8, 4) is 11.1 Å². The van der Waals surface area contributed by atoms with Crippen molar-refractivity contribution >= 4 is 97.9 Å². The fourth-order valence-electron chi connectivity index (χ4n) is 13.5. The molecule has 5 aliphatic carbocycles. The second-order valence-corrected chi connectivity index (χ2v) is 46.0. The van der Waals surface area contributed by atoms with E-state index in [-0.39, 0.29) is 5.41 Å². The minimum Gasteiger partial charge on any atom is -0.310 e. The van der Waals surface area contributed by atoms with Crippen LogP contribution in [-0.2, 0) is 5.41 Å². The van der Waals surface area contributed by atoms with Crippen LogP contribution in [0.1, 0.15) is 43.2 Å². The van der Waals surface area contributed by atoms with E-state index in [1.54, 1.807) is 11.1 Å². The Kier molecular flexibility index (Phi) is 10.9. The first-order valence-corrected chi connectivity index (χ1v) is 39.9. The molecule has 1 spiro atoms. The molecule has 12 rings (SSSR count). The number of anilines is 6. The van der Waals surface area contributed by atoms with Gasteiger partial charge >= 0.3 is 0 Å². The summed E-state index contributed by atoms with van der Waals surface area (Å²) in [6, 6.07) is 58.6. The summed E-state index contributed by atoms with van der Waals surface area (Å²) in [5.41, 5.74) is 13.6. The quantitative estimate of drug-likeness (QED) is 0.126. The highest BCUT2D eigenvalue weighted by atomic mass is 28.3. The maximum absolute atomic E-state index is 2.69. The van der Waals surface area contributed by atoms with Crippen LogP contribution >= 0.6 is 0 Å². The van der Waals surface area contributed by atoms with Crippen molar-refractivity contribution in [1.29, 1.82) is 0 Å². The van der Waals surface area contributed by atoms with Crippen LogP contribution < -0.4 is 30.5 Å². The number of hydrogen-bond acceptors (Lipinski definition) is 2. The van der Waals surface area contributed by atoms with Gasteiger partial charge in [-0.25, -0.2) is 0 Å². The molecule has 4 bridgehead atoms. The van der Waals surface area contributed by atoms with Gasteiger partial charge in [0.15, 0.2) is 0 Å². The molecule has 0 aromatic heterocycles. The third kappa shape index (κ3) is 7.77. The van der Waals surface area contributed by atoms with E-state index < -0.39 is 32.3 Å². The van der Waals surface area contributed by atoms with Gasteiger partial charge < -0.3 is 9.80 Å². The summed E-state index contributed by atoms with van der Waals surface area (Å²) in [6.45, 7) is 29.4. The average molecular weight is 960 g/mol. The fourth-order valence-corrected chi connectivity index (χ4v) is 18.2. The molecule has 5 aliphatic rings. The minimum atomic E-state index is -1.47. The summed E-state index contributed by atoms with van der Waals surface area (Å²) in [5.74, 6) is 3.10. The van der Waals surface area contributed by atoms with Gasteiger partial charge in [-0.05, 0) is 174 Å². The molecule has 0 radical (unpaired) electrons.